The number of carboxylic acid groups (broad SMARTS) is 1. The molecule has 104 valence electrons. The summed E-state index contributed by atoms with van der Waals surface area (Å²) in [6.45, 7) is 5.11. The van der Waals surface area contributed by atoms with Crippen molar-refractivity contribution in [1.29, 1.82) is 0 Å². The second-order valence-electron chi connectivity index (χ2n) is 4.76. The van der Waals surface area contributed by atoms with Crippen LogP contribution in [0.5, 0.6) is 0 Å². The molecule has 0 spiro atoms. The minimum Gasteiger partial charge on any atom is -0.476 e. The summed E-state index contributed by atoms with van der Waals surface area (Å²) in [5.41, 5.74) is -0.445. The molecule has 0 bridgehead atoms. The number of hydrogen-bond donors (Lipinski definition) is 2. The summed E-state index contributed by atoms with van der Waals surface area (Å²) in [5.74, 6) is -1.20. The Morgan fingerprint density at radius 2 is 2.11 bits per heavy atom. The molecule has 1 amide bonds. The molecule has 1 aromatic heterocycles. The van der Waals surface area contributed by atoms with Crippen LogP contribution in [0.2, 0.25) is 0 Å². The molecule has 0 fully saturated rings. The predicted octanol–water partition coefficient (Wildman–Crippen LogP) is 2.87. The molecule has 0 aromatic carbocycles. The van der Waals surface area contributed by atoms with Gasteiger partial charge in [-0.2, -0.15) is 0 Å². The smallest absolute Gasteiger partial charge is 0.412 e. The van der Waals surface area contributed by atoms with Crippen LogP contribution in [-0.2, 0) is 10.6 Å². The molecule has 6 nitrogen and oxygen atoms in total. The number of carbonyl (C=O) groups is 2. The first-order chi connectivity index (χ1) is 8.74. The van der Waals surface area contributed by atoms with Gasteiger partial charge in [-0.15, -0.1) is 11.6 Å². The molecule has 2 N–H and O–H groups in total. The maximum atomic E-state index is 11.7. The van der Waals surface area contributed by atoms with Crippen molar-refractivity contribution in [3.8, 4) is 0 Å². The van der Waals surface area contributed by atoms with Crippen LogP contribution < -0.4 is 5.32 Å². The summed E-state index contributed by atoms with van der Waals surface area (Å²) >= 11 is 5.71. The van der Waals surface area contributed by atoms with Gasteiger partial charge in [0.1, 0.15) is 5.60 Å². The monoisotopic (exact) mass is 286 g/mol. The van der Waals surface area contributed by atoms with Crippen molar-refractivity contribution in [2.75, 3.05) is 5.32 Å². The van der Waals surface area contributed by atoms with E-state index in [1.807, 2.05) is 0 Å². The first-order valence-electron chi connectivity index (χ1n) is 5.51. The van der Waals surface area contributed by atoms with Crippen molar-refractivity contribution >= 4 is 29.4 Å². The van der Waals surface area contributed by atoms with Crippen LogP contribution in [0.25, 0.3) is 0 Å². The Morgan fingerprint density at radius 1 is 1.47 bits per heavy atom. The summed E-state index contributed by atoms with van der Waals surface area (Å²) in [6, 6.07) is 1.53. The second-order valence-corrected chi connectivity index (χ2v) is 5.03. The number of aromatic carboxylic acids is 1. The highest BCUT2D eigenvalue weighted by atomic mass is 35.5. The largest absolute Gasteiger partial charge is 0.476 e. The van der Waals surface area contributed by atoms with Gasteiger partial charge >= 0.3 is 12.1 Å². The quantitative estimate of drug-likeness (QED) is 0.834. The number of aromatic nitrogens is 1. The highest BCUT2D eigenvalue weighted by molar-refractivity contribution is 6.17. The lowest BCUT2D eigenvalue weighted by molar-refractivity contribution is 0.0635. The van der Waals surface area contributed by atoms with Gasteiger partial charge in [0.15, 0.2) is 5.69 Å². The van der Waals surface area contributed by atoms with E-state index in [0.717, 1.165) is 0 Å². The Hall–Kier alpha value is -1.82. The Bertz CT molecular complexity index is 497. The molecule has 0 unspecified atom stereocenters. The first kappa shape index (κ1) is 15.2. The Kier molecular flexibility index (Phi) is 4.72. The van der Waals surface area contributed by atoms with Gasteiger partial charge in [-0.05, 0) is 32.4 Å². The number of carboxylic acids is 1. The van der Waals surface area contributed by atoms with Gasteiger partial charge < -0.3 is 9.84 Å². The average Bonchev–Trinajstić information content (AvgIpc) is 2.26. The maximum absolute atomic E-state index is 11.7. The van der Waals surface area contributed by atoms with Crippen LogP contribution >= 0.6 is 11.6 Å². The lowest BCUT2D eigenvalue weighted by Gasteiger charge is -2.20. The van der Waals surface area contributed by atoms with Crippen molar-refractivity contribution in [1.82, 2.24) is 4.98 Å². The lowest BCUT2D eigenvalue weighted by atomic mass is 10.2. The molecule has 1 aromatic rings. The van der Waals surface area contributed by atoms with Crippen molar-refractivity contribution in [2.24, 2.45) is 0 Å². The van der Waals surface area contributed by atoms with Gasteiger partial charge in [0.25, 0.3) is 0 Å². The molecule has 0 aliphatic carbocycles. The second kappa shape index (κ2) is 5.88. The van der Waals surface area contributed by atoms with Crippen molar-refractivity contribution in [3.05, 3.63) is 23.5 Å². The molecule has 0 aliphatic heterocycles. The first-order valence-corrected chi connectivity index (χ1v) is 6.05. The molecule has 0 radical (unpaired) electrons. The van der Waals surface area contributed by atoms with E-state index in [4.69, 9.17) is 21.4 Å². The van der Waals surface area contributed by atoms with E-state index in [-0.39, 0.29) is 17.3 Å². The molecule has 0 saturated carbocycles. The lowest BCUT2D eigenvalue weighted by Crippen LogP contribution is -2.28. The maximum Gasteiger partial charge on any atom is 0.412 e. The number of halogens is 1. The van der Waals surface area contributed by atoms with Gasteiger partial charge in [-0.3, -0.25) is 5.32 Å². The number of nitrogens with zero attached hydrogens (tertiary/aromatic N) is 1. The van der Waals surface area contributed by atoms with Gasteiger partial charge in [0.05, 0.1) is 5.69 Å². The average molecular weight is 287 g/mol. The normalized spacial score (nSPS) is 10.9. The summed E-state index contributed by atoms with van der Waals surface area (Å²) < 4.78 is 5.06. The number of pyridine rings is 1. The molecular formula is C12H15ClN2O4. The van der Waals surface area contributed by atoms with E-state index < -0.39 is 17.7 Å². The fraction of sp³-hybridized carbons (Fsp3) is 0.417. The van der Waals surface area contributed by atoms with Crippen LogP contribution in [0.4, 0.5) is 10.5 Å². The molecule has 1 heterocycles. The number of amides is 1. The minimum absolute atomic E-state index is 0.0495. The fourth-order valence-electron chi connectivity index (χ4n) is 1.32. The number of alkyl halides is 1. The molecule has 19 heavy (non-hydrogen) atoms. The van der Waals surface area contributed by atoms with E-state index in [0.29, 0.717) is 5.56 Å². The van der Waals surface area contributed by atoms with Gasteiger partial charge in [0, 0.05) is 12.1 Å². The van der Waals surface area contributed by atoms with E-state index in [1.165, 1.54) is 12.3 Å². The predicted molar refractivity (Wildman–Crippen MR) is 70.6 cm³/mol. The number of ether oxygens (including phenoxy) is 1. The van der Waals surface area contributed by atoms with Crippen molar-refractivity contribution < 1.29 is 19.4 Å². The van der Waals surface area contributed by atoms with Crippen LogP contribution in [-0.4, -0.2) is 27.8 Å². The number of anilines is 1. The fourth-order valence-corrected chi connectivity index (χ4v) is 1.54. The minimum atomic E-state index is -1.25. The standard InChI is InChI=1S/C12H15ClN2O4/c1-12(2,3)19-11(18)15-8-7(6-13)4-5-14-9(8)10(16)17/h4-5H,6H2,1-3H3,(H,15,18)(H,16,17). The Labute approximate surface area is 115 Å². The third kappa shape index (κ3) is 4.40. The molecule has 0 saturated heterocycles. The molecule has 0 atom stereocenters. The number of rotatable bonds is 3. The van der Waals surface area contributed by atoms with Crippen molar-refractivity contribution in [3.63, 3.8) is 0 Å². The molecule has 0 aliphatic rings. The van der Waals surface area contributed by atoms with E-state index in [2.05, 4.69) is 10.3 Å². The van der Waals surface area contributed by atoms with Crippen LogP contribution in [0.3, 0.4) is 0 Å². The molecular weight excluding hydrogens is 272 g/mol. The third-order valence-corrected chi connectivity index (χ3v) is 2.30. The zero-order chi connectivity index (χ0) is 14.6. The molecule has 7 heteroatoms. The highest BCUT2D eigenvalue weighted by Gasteiger charge is 2.21. The Morgan fingerprint density at radius 3 is 2.58 bits per heavy atom. The van der Waals surface area contributed by atoms with Gasteiger partial charge in [-0.1, -0.05) is 0 Å². The summed E-state index contributed by atoms with van der Waals surface area (Å²) in [6.07, 6.45) is 0.566. The van der Waals surface area contributed by atoms with Crippen molar-refractivity contribution in [2.45, 2.75) is 32.3 Å². The summed E-state index contributed by atoms with van der Waals surface area (Å²) in [4.78, 5) is 26.4. The molecule has 1 rings (SSSR count). The number of hydrogen-bond acceptors (Lipinski definition) is 4. The SMILES string of the molecule is CC(C)(C)OC(=O)Nc1c(CCl)ccnc1C(=O)O. The van der Waals surface area contributed by atoms with E-state index in [1.54, 1.807) is 20.8 Å². The highest BCUT2D eigenvalue weighted by Crippen LogP contribution is 2.22. The van der Waals surface area contributed by atoms with Crippen LogP contribution in [0.1, 0.15) is 36.8 Å². The van der Waals surface area contributed by atoms with Crippen LogP contribution in [0.15, 0.2) is 12.3 Å². The van der Waals surface area contributed by atoms with Gasteiger partial charge in [-0.25, -0.2) is 14.6 Å². The Balaban J connectivity index is 3.05. The number of carbonyl (C=O) groups excluding carboxylic acids is 1. The van der Waals surface area contributed by atoms with E-state index in [9.17, 15) is 9.59 Å². The zero-order valence-corrected chi connectivity index (χ0v) is 11.6. The third-order valence-electron chi connectivity index (χ3n) is 2.01. The summed E-state index contributed by atoms with van der Waals surface area (Å²) in [7, 11) is 0. The number of nitrogens with one attached hydrogen (secondary N) is 1. The van der Waals surface area contributed by atoms with Gasteiger partial charge in [0.2, 0.25) is 0 Å². The van der Waals surface area contributed by atoms with E-state index >= 15 is 0 Å². The zero-order valence-electron chi connectivity index (χ0n) is 10.9. The topological polar surface area (TPSA) is 88.5 Å². The van der Waals surface area contributed by atoms with Crippen LogP contribution in [0, 0.1) is 0 Å². The summed E-state index contributed by atoms with van der Waals surface area (Å²) in [5, 5.41) is 11.4.